The highest BCUT2D eigenvalue weighted by Gasteiger charge is 2.21. The summed E-state index contributed by atoms with van der Waals surface area (Å²) in [6.07, 6.45) is 4.16. The van der Waals surface area contributed by atoms with Gasteiger partial charge in [0.05, 0.1) is 0 Å². The topological polar surface area (TPSA) is 38.0 Å². The van der Waals surface area contributed by atoms with Crippen LogP contribution in [0.2, 0.25) is 0 Å². The van der Waals surface area contributed by atoms with Crippen molar-refractivity contribution in [2.45, 2.75) is 46.1 Å². The van der Waals surface area contributed by atoms with Crippen LogP contribution in [-0.4, -0.2) is 13.1 Å². The third-order valence-corrected chi connectivity index (χ3v) is 4.13. The SMILES string of the molecule is Cc1cc(C)c(C(CN)NCCC2CC2)cc1C. The first-order valence-electron chi connectivity index (χ1n) is 7.13. The molecule has 0 heterocycles. The Hall–Kier alpha value is -0.860. The van der Waals surface area contributed by atoms with E-state index in [1.807, 2.05) is 0 Å². The van der Waals surface area contributed by atoms with Crippen molar-refractivity contribution < 1.29 is 0 Å². The summed E-state index contributed by atoms with van der Waals surface area (Å²) in [5.74, 6) is 0.983. The molecule has 1 atom stereocenters. The summed E-state index contributed by atoms with van der Waals surface area (Å²) < 4.78 is 0. The molecular weight excluding hydrogens is 220 g/mol. The summed E-state index contributed by atoms with van der Waals surface area (Å²) in [6, 6.07) is 4.88. The normalized spacial score (nSPS) is 16.9. The zero-order valence-electron chi connectivity index (χ0n) is 11.9. The van der Waals surface area contributed by atoms with Gasteiger partial charge in [-0.2, -0.15) is 0 Å². The molecule has 2 heteroatoms. The Kier molecular flexibility index (Phi) is 4.41. The van der Waals surface area contributed by atoms with Crippen molar-refractivity contribution in [3.05, 3.63) is 34.4 Å². The number of hydrogen-bond acceptors (Lipinski definition) is 2. The fraction of sp³-hybridized carbons (Fsp3) is 0.625. The first kappa shape index (κ1) is 13.6. The maximum Gasteiger partial charge on any atom is 0.0447 e. The van der Waals surface area contributed by atoms with Crippen molar-refractivity contribution in [1.82, 2.24) is 5.32 Å². The molecule has 0 saturated heterocycles. The smallest absolute Gasteiger partial charge is 0.0447 e. The third-order valence-electron chi connectivity index (χ3n) is 4.13. The van der Waals surface area contributed by atoms with Gasteiger partial charge in [-0.25, -0.2) is 0 Å². The van der Waals surface area contributed by atoms with Crippen molar-refractivity contribution in [1.29, 1.82) is 0 Å². The largest absolute Gasteiger partial charge is 0.329 e. The summed E-state index contributed by atoms with van der Waals surface area (Å²) in [6.45, 7) is 8.31. The highest BCUT2D eigenvalue weighted by atomic mass is 14.9. The van der Waals surface area contributed by atoms with Gasteiger partial charge in [0.2, 0.25) is 0 Å². The van der Waals surface area contributed by atoms with Crippen molar-refractivity contribution >= 4 is 0 Å². The molecule has 0 bridgehead atoms. The maximum absolute atomic E-state index is 5.93. The Bertz CT molecular complexity index is 408. The number of nitrogens with two attached hydrogens (primary N) is 1. The first-order chi connectivity index (χ1) is 8.61. The van der Waals surface area contributed by atoms with Crippen molar-refractivity contribution in [3.63, 3.8) is 0 Å². The molecule has 1 aromatic carbocycles. The molecule has 0 aliphatic heterocycles. The van der Waals surface area contributed by atoms with E-state index in [0.29, 0.717) is 12.6 Å². The van der Waals surface area contributed by atoms with E-state index in [9.17, 15) is 0 Å². The zero-order chi connectivity index (χ0) is 13.1. The predicted molar refractivity (Wildman–Crippen MR) is 77.8 cm³/mol. The highest BCUT2D eigenvalue weighted by molar-refractivity contribution is 5.38. The first-order valence-corrected chi connectivity index (χ1v) is 7.13. The number of benzene rings is 1. The van der Waals surface area contributed by atoms with Crippen LogP contribution in [0.15, 0.2) is 12.1 Å². The third kappa shape index (κ3) is 3.33. The Labute approximate surface area is 111 Å². The molecule has 1 aromatic rings. The van der Waals surface area contributed by atoms with Crippen molar-refractivity contribution in [2.24, 2.45) is 11.7 Å². The van der Waals surface area contributed by atoms with E-state index >= 15 is 0 Å². The maximum atomic E-state index is 5.93. The molecule has 18 heavy (non-hydrogen) atoms. The number of nitrogens with one attached hydrogen (secondary N) is 1. The summed E-state index contributed by atoms with van der Waals surface area (Å²) in [7, 11) is 0. The van der Waals surface area contributed by atoms with Gasteiger partial charge >= 0.3 is 0 Å². The molecular formula is C16H26N2. The van der Waals surface area contributed by atoms with Gasteiger partial charge in [-0.3, -0.25) is 0 Å². The Morgan fingerprint density at radius 3 is 2.44 bits per heavy atom. The van der Waals surface area contributed by atoms with Crippen molar-refractivity contribution in [2.75, 3.05) is 13.1 Å². The Morgan fingerprint density at radius 1 is 1.17 bits per heavy atom. The molecule has 0 radical (unpaired) electrons. The molecule has 1 fully saturated rings. The quantitative estimate of drug-likeness (QED) is 0.810. The predicted octanol–water partition coefficient (Wildman–Crippen LogP) is 3.00. The summed E-state index contributed by atoms with van der Waals surface area (Å²) in [5, 5.41) is 3.62. The van der Waals surface area contributed by atoms with Gasteiger partial charge in [-0.05, 0) is 61.9 Å². The second-order valence-corrected chi connectivity index (χ2v) is 5.77. The fourth-order valence-electron chi connectivity index (χ4n) is 2.55. The number of rotatable bonds is 6. The number of hydrogen-bond donors (Lipinski definition) is 2. The molecule has 1 aliphatic rings. The fourth-order valence-corrected chi connectivity index (χ4v) is 2.55. The van der Waals surface area contributed by atoms with E-state index in [0.717, 1.165) is 12.5 Å². The Morgan fingerprint density at radius 2 is 1.83 bits per heavy atom. The van der Waals surface area contributed by atoms with Gasteiger partial charge < -0.3 is 11.1 Å². The monoisotopic (exact) mass is 246 g/mol. The van der Waals surface area contributed by atoms with Gasteiger partial charge in [0, 0.05) is 12.6 Å². The van der Waals surface area contributed by atoms with Crippen LogP contribution >= 0.6 is 0 Å². The zero-order valence-corrected chi connectivity index (χ0v) is 11.9. The average Bonchev–Trinajstić information content (AvgIpc) is 3.14. The minimum atomic E-state index is 0.308. The van der Waals surface area contributed by atoms with E-state index in [4.69, 9.17) is 5.73 Å². The molecule has 1 aliphatic carbocycles. The van der Waals surface area contributed by atoms with Crippen LogP contribution in [-0.2, 0) is 0 Å². The van der Waals surface area contributed by atoms with Gasteiger partial charge in [-0.1, -0.05) is 25.0 Å². The second kappa shape index (κ2) is 5.85. The van der Waals surface area contributed by atoms with E-state index in [1.54, 1.807) is 0 Å². The van der Waals surface area contributed by atoms with Crippen LogP contribution in [0, 0.1) is 26.7 Å². The van der Waals surface area contributed by atoms with Crippen LogP contribution in [0.3, 0.4) is 0 Å². The van der Waals surface area contributed by atoms with E-state index < -0.39 is 0 Å². The lowest BCUT2D eigenvalue weighted by Crippen LogP contribution is -2.30. The van der Waals surface area contributed by atoms with E-state index in [-0.39, 0.29) is 0 Å². The van der Waals surface area contributed by atoms with Gasteiger partial charge in [-0.15, -0.1) is 0 Å². The molecule has 0 aromatic heterocycles. The second-order valence-electron chi connectivity index (χ2n) is 5.77. The van der Waals surface area contributed by atoms with Crippen LogP contribution in [0.5, 0.6) is 0 Å². The van der Waals surface area contributed by atoms with Crippen molar-refractivity contribution in [3.8, 4) is 0 Å². The molecule has 2 rings (SSSR count). The Balaban J connectivity index is 2.03. The minimum Gasteiger partial charge on any atom is -0.329 e. The molecule has 100 valence electrons. The van der Waals surface area contributed by atoms with Gasteiger partial charge in [0.25, 0.3) is 0 Å². The van der Waals surface area contributed by atoms with Crippen LogP contribution in [0.25, 0.3) is 0 Å². The molecule has 3 N–H and O–H groups in total. The van der Waals surface area contributed by atoms with E-state index in [2.05, 4.69) is 38.2 Å². The molecule has 0 amide bonds. The lowest BCUT2D eigenvalue weighted by atomic mass is 9.95. The molecule has 0 spiro atoms. The van der Waals surface area contributed by atoms with Crippen LogP contribution in [0.4, 0.5) is 0 Å². The molecule has 1 saturated carbocycles. The average molecular weight is 246 g/mol. The summed E-state index contributed by atoms with van der Waals surface area (Å²) >= 11 is 0. The van der Waals surface area contributed by atoms with Gasteiger partial charge in [0.1, 0.15) is 0 Å². The standard InChI is InChI=1S/C16H26N2/c1-11-8-13(3)15(9-12(11)2)16(10-17)18-7-6-14-4-5-14/h8-9,14,16,18H,4-7,10,17H2,1-3H3. The lowest BCUT2D eigenvalue weighted by Gasteiger charge is -2.21. The van der Waals surface area contributed by atoms with Crippen LogP contribution < -0.4 is 11.1 Å². The molecule has 2 nitrogen and oxygen atoms in total. The number of aryl methyl sites for hydroxylation is 3. The van der Waals surface area contributed by atoms with Gasteiger partial charge in [0.15, 0.2) is 0 Å². The minimum absolute atomic E-state index is 0.308. The molecule has 1 unspecified atom stereocenters. The highest BCUT2D eigenvalue weighted by Crippen LogP contribution is 2.32. The summed E-state index contributed by atoms with van der Waals surface area (Å²) in [5.41, 5.74) is 11.4. The van der Waals surface area contributed by atoms with E-state index in [1.165, 1.54) is 41.5 Å². The van der Waals surface area contributed by atoms with Crippen LogP contribution in [0.1, 0.15) is 47.6 Å². The lowest BCUT2D eigenvalue weighted by molar-refractivity contribution is 0.514. The summed E-state index contributed by atoms with van der Waals surface area (Å²) in [4.78, 5) is 0.